The maximum Gasteiger partial charge on any atom is 0.308 e. The van der Waals surface area contributed by atoms with Crippen LogP contribution >= 0.6 is 0 Å². The molecule has 1 amide bonds. The van der Waals surface area contributed by atoms with Gasteiger partial charge >= 0.3 is 5.97 Å². The molecular weight excluding hydrogens is 230 g/mol. The molecule has 4 heteroatoms. The van der Waals surface area contributed by atoms with Crippen molar-refractivity contribution in [2.24, 2.45) is 17.8 Å². The average molecular weight is 253 g/mol. The molecule has 0 aromatic heterocycles. The van der Waals surface area contributed by atoms with E-state index in [0.717, 1.165) is 25.7 Å². The van der Waals surface area contributed by atoms with E-state index in [4.69, 9.17) is 4.74 Å². The van der Waals surface area contributed by atoms with Crippen LogP contribution < -0.4 is 5.32 Å². The minimum Gasteiger partial charge on any atom is -0.469 e. The predicted molar refractivity (Wildman–Crippen MR) is 67.8 cm³/mol. The monoisotopic (exact) mass is 253 g/mol. The topological polar surface area (TPSA) is 55.4 Å². The van der Waals surface area contributed by atoms with Crippen LogP contribution in [0.5, 0.6) is 0 Å². The first kappa shape index (κ1) is 13.4. The van der Waals surface area contributed by atoms with E-state index in [2.05, 4.69) is 5.32 Å². The lowest BCUT2D eigenvalue weighted by atomic mass is 9.86. The summed E-state index contributed by atoms with van der Waals surface area (Å²) in [6, 6.07) is 0.250. The average Bonchev–Trinajstić information content (AvgIpc) is 3.22. The summed E-state index contributed by atoms with van der Waals surface area (Å²) < 4.78 is 4.76. The molecule has 0 bridgehead atoms. The summed E-state index contributed by atoms with van der Waals surface area (Å²) in [6.07, 6.45) is 5.84. The Labute approximate surface area is 108 Å². The molecule has 1 N–H and O–H groups in total. The van der Waals surface area contributed by atoms with E-state index < -0.39 is 0 Å². The fourth-order valence-corrected chi connectivity index (χ4v) is 2.78. The van der Waals surface area contributed by atoms with Crippen LogP contribution in [0, 0.1) is 17.8 Å². The molecule has 2 aliphatic carbocycles. The van der Waals surface area contributed by atoms with E-state index in [0.29, 0.717) is 5.92 Å². The van der Waals surface area contributed by atoms with Crippen LogP contribution in [0.15, 0.2) is 0 Å². The molecular formula is C14H23NO3. The zero-order valence-electron chi connectivity index (χ0n) is 11.3. The minimum atomic E-state index is -0.105. The zero-order chi connectivity index (χ0) is 13.1. The predicted octanol–water partition coefficient (Wildman–Crippen LogP) is 1.88. The van der Waals surface area contributed by atoms with E-state index in [1.54, 1.807) is 0 Å². The molecule has 2 rings (SSSR count). The lowest BCUT2D eigenvalue weighted by Crippen LogP contribution is -2.41. The second kappa shape index (κ2) is 5.72. The van der Waals surface area contributed by atoms with Crippen molar-refractivity contribution in [1.82, 2.24) is 5.32 Å². The summed E-state index contributed by atoms with van der Waals surface area (Å²) in [6.45, 7) is 2.02. The molecule has 18 heavy (non-hydrogen) atoms. The molecule has 4 nitrogen and oxygen atoms in total. The molecule has 0 aliphatic heterocycles. The molecule has 102 valence electrons. The van der Waals surface area contributed by atoms with Crippen LogP contribution in [0.25, 0.3) is 0 Å². The molecule has 2 saturated carbocycles. The first-order valence-corrected chi connectivity index (χ1v) is 7.00. The van der Waals surface area contributed by atoms with Crippen LogP contribution in [0.3, 0.4) is 0 Å². The third kappa shape index (κ3) is 3.24. The van der Waals surface area contributed by atoms with Crippen LogP contribution in [-0.2, 0) is 14.3 Å². The summed E-state index contributed by atoms with van der Waals surface area (Å²) >= 11 is 0. The summed E-state index contributed by atoms with van der Waals surface area (Å²) in [5, 5.41) is 3.13. The maximum atomic E-state index is 12.0. The second-order valence-corrected chi connectivity index (χ2v) is 5.71. The number of hydrogen-bond donors (Lipinski definition) is 1. The SMILES string of the molecule is COC(=O)C1CCC(NC(=O)C(C)C2CC2)CC1. The Kier molecular flexibility index (Phi) is 4.25. The van der Waals surface area contributed by atoms with Crippen molar-refractivity contribution in [2.45, 2.75) is 51.5 Å². The fraction of sp³-hybridized carbons (Fsp3) is 0.857. The smallest absolute Gasteiger partial charge is 0.308 e. The van der Waals surface area contributed by atoms with Crippen LogP contribution in [0.1, 0.15) is 45.4 Å². The molecule has 0 heterocycles. The third-order valence-electron chi connectivity index (χ3n) is 4.35. The van der Waals surface area contributed by atoms with E-state index in [1.165, 1.54) is 20.0 Å². The number of esters is 1. The first-order valence-electron chi connectivity index (χ1n) is 7.00. The first-order chi connectivity index (χ1) is 8.61. The highest BCUT2D eigenvalue weighted by molar-refractivity contribution is 5.79. The summed E-state index contributed by atoms with van der Waals surface area (Å²) in [7, 11) is 1.44. The van der Waals surface area contributed by atoms with Gasteiger partial charge in [0.25, 0.3) is 0 Å². The Morgan fingerprint density at radius 3 is 2.22 bits per heavy atom. The van der Waals surface area contributed by atoms with Gasteiger partial charge in [0.15, 0.2) is 0 Å². The van der Waals surface area contributed by atoms with Crippen molar-refractivity contribution in [3.8, 4) is 0 Å². The van der Waals surface area contributed by atoms with Crippen molar-refractivity contribution in [1.29, 1.82) is 0 Å². The number of hydrogen-bond acceptors (Lipinski definition) is 3. The molecule has 0 aromatic carbocycles. The number of methoxy groups -OCH3 is 1. The molecule has 1 unspecified atom stereocenters. The Hall–Kier alpha value is -1.06. The Morgan fingerprint density at radius 1 is 1.11 bits per heavy atom. The van der Waals surface area contributed by atoms with Crippen molar-refractivity contribution in [3.05, 3.63) is 0 Å². The summed E-state index contributed by atoms with van der Waals surface area (Å²) in [5.41, 5.74) is 0. The van der Waals surface area contributed by atoms with Crippen molar-refractivity contribution >= 4 is 11.9 Å². The Balaban J connectivity index is 1.72. The van der Waals surface area contributed by atoms with Gasteiger partial charge in [0.05, 0.1) is 13.0 Å². The highest BCUT2D eigenvalue weighted by atomic mass is 16.5. The molecule has 0 radical (unpaired) electrons. The van der Waals surface area contributed by atoms with Gasteiger partial charge in [0, 0.05) is 12.0 Å². The van der Waals surface area contributed by atoms with Crippen molar-refractivity contribution in [2.75, 3.05) is 7.11 Å². The van der Waals surface area contributed by atoms with Crippen LogP contribution in [-0.4, -0.2) is 25.0 Å². The molecule has 2 aliphatic rings. The van der Waals surface area contributed by atoms with Gasteiger partial charge in [-0.25, -0.2) is 0 Å². The van der Waals surface area contributed by atoms with E-state index >= 15 is 0 Å². The Bertz CT molecular complexity index is 317. The highest BCUT2D eigenvalue weighted by Gasteiger charge is 2.34. The molecule has 1 atom stereocenters. The number of carbonyl (C=O) groups is 2. The zero-order valence-corrected chi connectivity index (χ0v) is 11.3. The summed E-state index contributed by atoms with van der Waals surface area (Å²) in [4.78, 5) is 23.4. The van der Waals surface area contributed by atoms with E-state index in [-0.39, 0.29) is 29.8 Å². The van der Waals surface area contributed by atoms with Gasteiger partial charge in [-0.3, -0.25) is 9.59 Å². The van der Waals surface area contributed by atoms with Gasteiger partial charge in [-0.05, 0) is 44.4 Å². The number of carbonyl (C=O) groups excluding carboxylic acids is 2. The normalized spacial score (nSPS) is 29.4. The van der Waals surface area contributed by atoms with Crippen molar-refractivity contribution in [3.63, 3.8) is 0 Å². The van der Waals surface area contributed by atoms with Gasteiger partial charge in [0.2, 0.25) is 5.91 Å². The van der Waals surface area contributed by atoms with Gasteiger partial charge in [-0.2, -0.15) is 0 Å². The van der Waals surface area contributed by atoms with Gasteiger partial charge in [0.1, 0.15) is 0 Å². The maximum absolute atomic E-state index is 12.0. The third-order valence-corrected chi connectivity index (χ3v) is 4.35. The largest absolute Gasteiger partial charge is 0.469 e. The van der Waals surface area contributed by atoms with E-state index in [9.17, 15) is 9.59 Å². The number of rotatable bonds is 4. The second-order valence-electron chi connectivity index (χ2n) is 5.71. The van der Waals surface area contributed by atoms with Crippen molar-refractivity contribution < 1.29 is 14.3 Å². The lowest BCUT2D eigenvalue weighted by Gasteiger charge is -2.28. The van der Waals surface area contributed by atoms with Crippen LogP contribution in [0.4, 0.5) is 0 Å². The number of amides is 1. The Morgan fingerprint density at radius 2 is 1.72 bits per heavy atom. The van der Waals surface area contributed by atoms with E-state index in [1.807, 2.05) is 6.92 Å². The lowest BCUT2D eigenvalue weighted by molar-refractivity contribution is -0.146. The van der Waals surface area contributed by atoms with Gasteiger partial charge in [-0.15, -0.1) is 0 Å². The highest BCUT2D eigenvalue weighted by Crippen LogP contribution is 2.36. The van der Waals surface area contributed by atoms with Gasteiger partial charge in [-0.1, -0.05) is 6.92 Å². The standard InChI is InChI=1S/C14H23NO3/c1-9(10-3-4-10)13(16)15-12-7-5-11(6-8-12)14(17)18-2/h9-12H,3-8H2,1-2H3,(H,15,16). The van der Waals surface area contributed by atoms with Crippen LogP contribution in [0.2, 0.25) is 0 Å². The summed E-state index contributed by atoms with van der Waals surface area (Å²) in [5.74, 6) is 0.883. The number of ether oxygens (including phenoxy) is 1. The number of nitrogens with one attached hydrogen (secondary N) is 1. The van der Waals surface area contributed by atoms with Gasteiger partial charge < -0.3 is 10.1 Å². The minimum absolute atomic E-state index is 0.0315. The quantitative estimate of drug-likeness (QED) is 0.778. The fourth-order valence-electron chi connectivity index (χ4n) is 2.78. The molecule has 0 saturated heterocycles. The molecule has 0 spiro atoms. The molecule has 2 fully saturated rings. The molecule has 0 aromatic rings.